The van der Waals surface area contributed by atoms with Crippen molar-refractivity contribution in [3.63, 3.8) is 0 Å². The fourth-order valence-electron chi connectivity index (χ4n) is 1.95. The Hall–Kier alpha value is -0.255. The Labute approximate surface area is 98.0 Å². The minimum atomic E-state index is -6.00. The largest absolute Gasteiger partial charge is 1.00 e. The van der Waals surface area contributed by atoms with E-state index in [4.69, 9.17) is 0 Å². The predicted octanol–water partition coefficient (Wildman–Crippen LogP) is 4.08. The van der Waals surface area contributed by atoms with Crippen LogP contribution in [0.3, 0.4) is 0 Å². The van der Waals surface area contributed by atoms with Crippen LogP contribution >= 0.6 is 0 Å². The second-order valence-corrected chi connectivity index (χ2v) is 4.29. The highest BCUT2D eigenvalue weighted by Gasteiger charge is 2.20. The van der Waals surface area contributed by atoms with Gasteiger partial charge >= 0.3 is 8.68 Å². The second kappa shape index (κ2) is 8.85. The van der Waals surface area contributed by atoms with Crippen LogP contribution in [0.4, 0.5) is 17.3 Å². The minimum Gasteiger partial charge on any atom is -0.418 e. The molecule has 0 aliphatic heterocycles. The van der Waals surface area contributed by atoms with Crippen LogP contribution in [0.2, 0.25) is 0 Å². The fraction of sp³-hybridized carbons (Fsp3) is 1.00. The molecule has 0 atom stereocenters. The Bertz CT molecular complexity index is 144. The summed E-state index contributed by atoms with van der Waals surface area (Å²) in [5.74, 6) is 0. The summed E-state index contributed by atoms with van der Waals surface area (Å²) in [7, 11) is -3.61. The molecule has 0 unspecified atom stereocenters. The van der Waals surface area contributed by atoms with E-state index in [1.165, 1.54) is 43.4 Å². The van der Waals surface area contributed by atoms with Gasteiger partial charge in [-0.1, -0.05) is 20.8 Å². The monoisotopic (exact) mass is 246 g/mol. The van der Waals surface area contributed by atoms with E-state index in [0.717, 1.165) is 0 Å². The average molecular weight is 246 g/mol. The molecule has 0 spiro atoms. The van der Waals surface area contributed by atoms with Crippen molar-refractivity contribution < 1.29 is 23.2 Å². The minimum absolute atomic E-state index is 0. The molecule has 6 heteroatoms. The third-order valence-electron chi connectivity index (χ3n) is 2.29. The van der Waals surface area contributed by atoms with Crippen molar-refractivity contribution in [3.8, 4) is 0 Å². The molecule has 0 radical (unpaired) electrons. The molecule has 0 aromatic carbocycles. The number of quaternary nitrogens is 1. The first-order valence-electron chi connectivity index (χ1n) is 5.89. The molecule has 0 saturated heterocycles. The Morgan fingerprint density at radius 2 is 1.00 bits per heavy atom. The van der Waals surface area contributed by atoms with Gasteiger partial charge in [-0.15, -0.1) is 0 Å². The van der Waals surface area contributed by atoms with Crippen LogP contribution in [0.1, 0.15) is 41.5 Å². The summed E-state index contributed by atoms with van der Waals surface area (Å²) in [6, 6.07) is 0. The summed E-state index contributed by atoms with van der Waals surface area (Å²) < 4.78 is 40.3. The van der Waals surface area contributed by atoms with Gasteiger partial charge in [0.1, 0.15) is 0 Å². The van der Waals surface area contributed by atoms with Gasteiger partial charge in [-0.05, 0) is 19.3 Å². The lowest BCUT2D eigenvalue weighted by atomic mass is 10.2. The number of hydrogen-bond acceptors (Lipinski definition) is 0. The van der Waals surface area contributed by atoms with Crippen LogP contribution in [-0.2, 0) is 0 Å². The van der Waals surface area contributed by atoms with E-state index in [1.54, 1.807) is 0 Å². The molecule has 0 heterocycles. The molecule has 0 fully saturated rings. The number of hydrogen-bond donors (Lipinski definition) is 0. The summed E-state index contributed by atoms with van der Waals surface area (Å²) >= 11 is 0. The van der Waals surface area contributed by atoms with Gasteiger partial charge in [0, 0.05) is 0 Å². The molecule has 0 aromatic heterocycles. The fourth-order valence-corrected chi connectivity index (χ4v) is 1.95. The zero-order valence-electron chi connectivity index (χ0n) is 11.8. The smallest absolute Gasteiger partial charge is 0.418 e. The van der Waals surface area contributed by atoms with E-state index in [1.807, 2.05) is 0 Å². The first kappa shape index (κ1) is 18.1. The average Bonchev–Trinajstić information content (AvgIpc) is 2.01. The zero-order valence-corrected chi connectivity index (χ0v) is 10.8. The predicted molar refractivity (Wildman–Crippen MR) is 63.0 cm³/mol. The molecule has 0 N–H and O–H groups in total. The maximum absolute atomic E-state index is 9.75. The normalized spacial score (nSPS) is 12.0. The maximum atomic E-state index is 9.75. The van der Waals surface area contributed by atoms with E-state index in [-0.39, 0.29) is 1.43 Å². The van der Waals surface area contributed by atoms with Gasteiger partial charge in [0.2, 0.25) is 0 Å². The van der Waals surface area contributed by atoms with Crippen LogP contribution in [0.5, 0.6) is 0 Å². The van der Waals surface area contributed by atoms with Gasteiger partial charge in [-0.3, -0.25) is 0 Å². The van der Waals surface area contributed by atoms with Gasteiger partial charge in [0.15, 0.2) is 0 Å². The lowest BCUT2D eigenvalue weighted by Gasteiger charge is -2.33. The van der Waals surface area contributed by atoms with Gasteiger partial charge in [0.05, 0.1) is 26.7 Å². The quantitative estimate of drug-likeness (QED) is 0.376. The highest BCUT2D eigenvalue weighted by Crippen LogP contribution is 2.07. The van der Waals surface area contributed by atoms with Crippen LogP contribution in [0, 0.1) is 0 Å². The molecule has 0 amide bonds. The lowest BCUT2D eigenvalue weighted by molar-refractivity contribution is -0.909. The molecule has 0 aliphatic rings. The summed E-state index contributed by atoms with van der Waals surface area (Å²) in [5, 5.41) is 0. The number of halogens is 4. The third-order valence-corrected chi connectivity index (χ3v) is 2.29. The SMILES string of the molecule is CCC[N+](C)(CCC)CCC.F[B-](F)(F)F.[H+]. The highest BCUT2D eigenvalue weighted by atomic mass is 19.5. The van der Waals surface area contributed by atoms with Crippen molar-refractivity contribution >= 4 is 7.25 Å². The third kappa shape index (κ3) is 16.2. The molecule has 0 aromatic rings. The summed E-state index contributed by atoms with van der Waals surface area (Å²) in [5.41, 5.74) is 0. The molecular formula is C10H25BF4N+. The van der Waals surface area contributed by atoms with E-state index in [2.05, 4.69) is 27.8 Å². The van der Waals surface area contributed by atoms with Gasteiger partial charge in [0.25, 0.3) is 0 Å². The number of rotatable bonds is 6. The highest BCUT2D eigenvalue weighted by molar-refractivity contribution is 6.50. The van der Waals surface area contributed by atoms with Crippen LogP contribution < -0.4 is 0 Å². The van der Waals surface area contributed by atoms with Gasteiger partial charge in [-0.25, -0.2) is 0 Å². The lowest BCUT2D eigenvalue weighted by Crippen LogP contribution is -2.45. The van der Waals surface area contributed by atoms with Gasteiger partial charge < -0.3 is 21.7 Å². The molecule has 0 aliphatic carbocycles. The second-order valence-electron chi connectivity index (χ2n) is 4.29. The van der Waals surface area contributed by atoms with Crippen molar-refractivity contribution in [1.29, 1.82) is 0 Å². The first-order valence-corrected chi connectivity index (χ1v) is 5.89. The van der Waals surface area contributed by atoms with Crippen LogP contribution in [-0.4, -0.2) is 38.4 Å². The Balaban J connectivity index is -0.000000280. The first-order chi connectivity index (χ1) is 7.18. The zero-order chi connectivity index (χ0) is 13.2. The van der Waals surface area contributed by atoms with Crippen molar-refractivity contribution in [2.45, 2.75) is 40.0 Å². The molecule has 16 heavy (non-hydrogen) atoms. The van der Waals surface area contributed by atoms with E-state index < -0.39 is 7.25 Å². The molecule has 0 rings (SSSR count). The topological polar surface area (TPSA) is 0 Å². The molecule has 100 valence electrons. The van der Waals surface area contributed by atoms with E-state index in [9.17, 15) is 17.3 Å². The summed E-state index contributed by atoms with van der Waals surface area (Å²) in [4.78, 5) is 0. The Morgan fingerprint density at radius 1 is 0.812 bits per heavy atom. The Morgan fingerprint density at radius 3 is 1.12 bits per heavy atom. The standard InChI is InChI=1S/C10H24N.BF4/c1-5-8-11(4,9-6-2)10-7-3;2-1(3,4)5/h5-10H2,1-4H3;/q+1;-1/p+1. The number of nitrogens with zero attached hydrogens (tertiary/aromatic N) is 1. The molecule has 0 bridgehead atoms. The van der Waals surface area contributed by atoms with Crippen molar-refractivity contribution in [2.24, 2.45) is 0 Å². The van der Waals surface area contributed by atoms with Crippen molar-refractivity contribution in [1.82, 2.24) is 0 Å². The Kier molecular flexibility index (Phi) is 10.0. The summed E-state index contributed by atoms with van der Waals surface area (Å²) in [6.07, 6.45) is 3.95. The van der Waals surface area contributed by atoms with E-state index >= 15 is 0 Å². The molecule has 0 saturated carbocycles. The van der Waals surface area contributed by atoms with Gasteiger partial charge in [-0.2, -0.15) is 0 Å². The summed E-state index contributed by atoms with van der Waals surface area (Å²) in [6.45, 7) is 10.9. The van der Waals surface area contributed by atoms with Crippen LogP contribution in [0.15, 0.2) is 0 Å². The maximum Gasteiger partial charge on any atom is 1.00 e. The van der Waals surface area contributed by atoms with Crippen molar-refractivity contribution in [3.05, 3.63) is 0 Å². The molecule has 1 nitrogen and oxygen atoms in total. The van der Waals surface area contributed by atoms with E-state index in [0.29, 0.717) is 0 Å². The van der Waals surface area contributed by atoms with Crippen molar-refractivity contribution in [2.75, 3.05) is 26.7 Å². The van der Waals surface area contributed by atoms with Crippen LogP contribution in [0.25, 0.3) is 0 Å². The molecular weight excluding hydrogens is 221 g/mol.